The molecule has 2 heterocycles. The van der Waals surface area contributed by atoms with E-state index in [0.29, 0.717) is 11.2 Å². The van der Waals surface area contributed by atoms with Crippen molar-refractivity contribution in [1.82, 2.24) is 0 Å². The lowest BCUT2D eigenvalue weighted by molar-refractivity contribution is -0.254. The molecular formula is C22H36O3S2Si. The molecule has 1 aromatic carbocycles. The average molecular weight is 441 g/mol. The first-order valence-corrected chi connectivity index (χ1v) is 15.5. The van der Waals surface area contributed by atoms with Gasteiger partial charge in [0.05, 0.1) is 23.4 Å². The van der Waals surface area contributed by atoms with E-state index in [1.807, 2.05) is 18.2 Å². The van der Waals surface area contributed by atoms with Crippen molar-refractivity contribution in [3.63, 3.8) is 0 Å². The van der Waals surface area contributed by atoms with Crippen LogP contribution in [0.3, 0.4) is 0 Å². The normalized spacial score (nSPS) is 27.7. The summed E-state index contributed by atoms with van der Waals surface area (Å²) in [6, 6.07) is 10.3. The molecule has 0 aliphatic carbocycles. The van der Waals surface area contributed by atoms with Crippen LogP contribution in [0.25, 0.3) is 0 Å². The lowest BCUT2D eigenvalue weighted by Gasteiger charge is -2.44. The van der Waals surface area contributed by atoms with Crippen LogP contribution in [-0.4, -0.2) is 43.2 Å². The van der Waals surface area contributed by atoms with Crippen molar-refractivity contribution in [2.75, 3.05) is 18.1 Å². The minimum absolute atomic E-state index is 0.0273. The summed E-state index contributed by atoms with van der Waals surface area (Å²) in [5, 5.41) is 0.183. The summed E-state index contributed by atoms with van der Waals surface area (Å²) in [7, 11) is -1.87. The summed E-state index contributed by atoms with van der Waals surface area (Å²) >= 11 is 4.22. The molecule has 0 unspecified atom stereocenters. The Morgan fingerprint density at radius 3 is 2.39 bits per heavy atom. The van der Waals surface area contributed by atoms with Crippen LogP contribution in [0.4, 0.5) is 0 Å². The van der Waals surface area contributed by atoms with Crippen LogP contribution in [-0.2, 0) is 13.9 Å². The van der Waals surface area contributed by atoms with Gasteiger partial charge in [-0.3, -0.25) is 0 Å². The van der Waals surface area contributed by atoms with Gasteiger partial charge in [-0.1, -0.05) is 51.1 Å². The van der Waals surface area contributed by atoms with Crippen molar-refractivity contribution >= 4 is 31.8 Å². The molecule has 3 rings (SSSR count). The maximum atomic E-state index is 6.76. The maximum absolute atomic E-state index is 6.76. The second-order valence-corrected chi connectivity index (χ2v) is 16.9. The fraction of sp³-hybridized carbons (Fsp3) is 0.727. The van der Waals surface area contributed by atoms with E-state index < -0.39 is 8.32 Å². The van der Waals surface area contributed by atoms with Crippen LogP contribution in [0, 0.1) is 0 Å². The smallest absolute Gasteiger partial charge is 0.192 e. The molecule has 3 atom stereocenters. The van der Waals surface area contributed by atoms with E-state index in [0.717, 1.165) is 12.0 Å². The summed E-state index contributed by atoms with van der Waals surface area (Å²) in [4.78, 5) is 0. The highest BCUT2D eigenvalue weighted by Gasteiger charge is 2.43. The standard InChI is InChI=1S/C22H36O3S2Si/c1-22(2,3)28(4,5)25-19-16-23-21(17-10-7-6-8-11-17)24-18(19)12-13-20-26-14-9-15-27-20/h6-8,10-11,18-21H,9,12-16H2,1-5H3/t18-,19+,21+/m0/s1. The van der Waals surface area contributed by atoms with Gasteiger partial charge in [0.1, 0.15) is 0 Å². The molecule has 3 nitrogen and oxygen atoms in total. The van der Waals surface area contributed by atoms with Crippen molar-refractivity contribution < 1.29 is 13.9 Å². The molecule has 0 radical (unpaired) electrons. The second-order valence-electron chi connectivity index (χ2n) is 9.27. The van der Waals surface area contributed by atoms with Gasteiger partial charge >= 0.3 is 0 Å². The molecule has 0 aromatic heterocycles. The van der Waals surface area contributed by atoms with Crippen LogP contribution in [0.15, 0.2) is 30.3 Å². The molecule has 0 spiro atoms. The van der Waals surface area contributed by atoms with Crippen LogP contribution in [0.1, 0.15) is 51.9 Å². The summed E-state index contributed by atoms with van der Waals surface area (Å²) in [5.41, 5.74) is 1.10. The molecule has 0 amide bonds. The van der Waals surface area contributed by atoms with Gasteiger partial charge in [-0.25, -0.2) is 0 Å². The predicted molar refractivity (Wildman–Crippen MR) is 125 cm³/mol. The third-order valence-electron chi connectivity index (χ3n) is 6.03. The quantitative estimate of drug-likeness (QED) is 0.473. The van der Waals surface area contributed by atoms with E-state index >= 15 is 0 Å². The van der Waals surface area contributed by atoms with Gasteiger partial charge in [0.2, 0.25) is 0 Å². The fourth-order valence-corrected chi connectivity index (χ4v) is 7.51. The zero-order chi connectivity index (χ0) is 20.2. The third-order valence-corrected chi connectivity index (χ3v) is 13.6. The number of thioether (sulfide) groups is 2. The minimum Gasteiger partial charge on any atom is -0.409 e. The molecule has 2 aliphatic rings. The summed E-state index contributed by atoms with van der Waals surface area (Å²) in [5.74, 6) is 2.59. The molecule has 1 aromatic rings. The van der Waals surface area contributed by atoms with E-state index in [2.05, 4.69) is 69.5 Å². The monoisotopic (exact) mass is 440 g/mol. The molecular weight excluding hydrogens is 404 g/mol. The zero-order valence-corrected chi connectivity index (χ0v) is 20.6. The number of ether oxygens (including phenoxy) is 2. The Bertz CT molecular complexity index is 600. The molecule has 2 saturated heterocycles. The zero-order valence-electron chi connectivity index (χ0n) is 18.0. The van der Waals surface area contributed by atoms with Crippen molar-refractivity contribution in [3.05, 3.63) is 35.9 Å². The Hall–Kier alpha value is 0.0169. The fourth-order valence-electron chi connectivity index (χ4n) is 3.28. The van der Waals surface area contributed by atoms with Gasteiger partial charge in [-0.05, 0) is 48.9 Å². The minimum atomic E-state index is -1.87. The highest BCUT2D eigenvalue weighted by atomic mass is 32.2. The Kier molecular flexibility index (Phi) is 8.01. The Morgan fingerprint density at radius 1 is 1.07 bits per heavy atom. The topological polar surface area (TPSA) is 27.7 Å². The lowest BCUT2D eigenvalue weighted by atomic mass is 10.1. The van der Waals surface area contributed by atoms with E-state index in [1.54, 1.807) is 0 Å². The largest absolute Gasteiger partial charge is 0.409 e. The van der Waals surface area contributed by atoms with Crippen molar-refractivity contribution in [1.29, 1.82) is 0 Å². The van der Waals surface area contributed by atoms with E-state index in [4.69, 9.17) is 13.9 Å². The molecule has 0 N–H and O–H groups in total. The van der Waals surface area contributed by atoms with Crippen LogP contribution < -0.4 is 0 Å². The Morgan fingerprint density at radius 2 is 1.75 bits per heavy atom. The summed E-state index contributed by atoms with van der Waals surface area (Å²) < 4.78 is 20.1. The SMILES string of the molecule is CC(C)(C)[Si](C)(C)O[C@@H]1CO[C@@H](c2ccccc2)O[C@H]1CCC1SCCCS1. The highest BCUT2D eigenvalue weighted by molar-refractivity contribution is 8.17. The molecule has 0 bridgehead atoms. The second kappa shape index (κ2) is 9.88. The van der Waals surface area contributed by atoms with Gasteiger partial charge in [-0.2, -0.15) is 0 Å². The lowest BCUT2D eigenvalue weighted by Crippen LogP contribution is -2.51. The first-order valence-electron chi connectivity index (χ1n) is 10.5. The third kappa shape index (κ3) is 6.02. The Balaban J connectivity index is 1.68. The van der Waals surface area contributed by atoms with E-state index in [9.17, 15) is 0 Å². The maximum Gasteiger partial charge on any atom is 0.192 e. The number of hydrogen-bond donors (Lipinski definition) is 0. The van der Waals surface area contributed by atoms with Crippen molar-refractivity contribution in [3.8, 4) is 0 Å². The van der Waals surface area contributed by atoms with Gasteiger partial charge in [0.25, 0.3) is 0 Å². The molecule has 0 saturated carbocycles. The predicted octanol–water partition coefficient (Wildman–Crippen LogP) is 6.47. The highest BCUT2D eigenvalue weighted by Crippen LogP contribution is 2.41. The summed E-state index contributed by atoms with van der Waals surface area (Å²) in [6.45, 7) is 12.1. The van der Waals surface area contributed by atoms with Crippen molar-refractivity contribution in [2.24, 2.45) is 0 Å². The molecule has 2 fully saturated rings. The molecule has 28 heavy (non-hydrogen) atoms. The van der Waals surface area contributed by atoms with Crippen LogP contribution in [0.2, 0.25) is 18.1 Å². The first-order chi connectivity index (χ1) is 13.3. The van der Waals surface area contributed by atoms with Gasteiger partial charge < -0.3 is 13.9 Å². The van der Waals surface area contributed by atoms with Crippen LogP contribution >= 0.6 is 23.5 Å². The number of hydrogen-bond acceptors (Lipinski definition) is 5. The van der Waals surface area contributed by atoms with Crippen molar-refractivity contribution in [2.45, 2.75) is 81.2 Å². The number of benzene rings is 1. The van der Waals surface area contributed by atoms with Gasteiger partial charge in [0, 0.05) is 5.56 Å². The average Bonchev–Trinajstić information content (AvgIpc) is 2.67. The van der Waals surface area contributed by atoms with E-state index in [1.165, 1.54) is 24.3 Å². The Labute approximate surface area is 180 Å². The van der Waals surface area contributed by atoms with Gasteiger partial charge in [0.15, 0.2) is 14.6 Å². The van der Waals surface area contributed by atoms with Crippen LogP contribution in [0.5, 0.6) is 0 Å². The van der Waals surface area contributed by atoms with Gasteiger partial charge in [-0.15, -0.1) is 23.5 Å². The van der Waals surface area contributed by atoms with E-state index in [-0.39, 0.29) is 23.5 Å². The summed E-state index contributed by atoms with van der Waals surface area (Å²) in [6.07, 6.45) is 3.40. The molecule has 2 aliphatic heterocycles. The first kappa shape index (κ1) is 22.7. The molecule has 6 heteroatoms. The molecule has 158 valence electrons. The number of rotatable bonds is 6.